The van der Waals surface area contributed by atoms with Crippen LogP contribution < -0.4 is 39.8 Å². The fourth-order valence-corrected chi connectivity index (χ4v) is 10.3. The largest absolute Gasteiger partial charge is 0.805 e. The lowest BCUT2D eigenvalue weighted by Crippen LogP contribution is -2.48. The van der Waals surface area contributed by atoms with Gasteiger partial charge in [0.2, 0.25) is 24.6 Å². The minimum Gasteiger partial charge on any atom is -0.494 e. The van der Waals surface area contributed by atoms with Crippen LogP contribution in [0.1, 0.15) is 138 Å². The van der Waals surface area contributed by atoms with E-state index in [0.29, 0.717) is 61.1 Å². The van der Waals surface area contributed by atoms with E-state index >= 15 is 0 Å². The zero-order valence-corrected chi connectivity index (χ0v) is 50.7. The summed E-state index contributed by atoms with van der Waals surface area (Å²) in [6.07, 6.45) is 8.30. The number of carbonyl (C=O) groups excluding carboxylic acids is 6. The van der Waals surface area contributed by atoms with Crippen LogP contribution >= 0.6 is 8.25 Å². The number of furan rings is 2. The molecule has 22 heteroatoms. The standard InChI is InChI=1S/C64H79N6O15P/c1-7-13-17-27-53(55(9-3)69(43-71)80-39-45-23-19-15-20-24-45)61(73)65-41-67-63(75)59-31-29-57(82-59)47-33-49(78-11-5)37-51(35-47)84-86(77)85-52-36-48(34-50(38-52)79-12-6)58-30-32-60(83-58)64(76)68-42-66-62(74)54(28-18-14-8-2)56(10-4)70(44-72)81-40-46-25-21-16-22-26-46/h15-16,19-26,29-38,43-44,53-56H,7-14,17-18,27-28,39-42H2,1-6H3,(H3-,65,66,67,68,73,74,75,76)/p+1/t53-,54-,55-,56-/m1/s1. The molecule has 21 nitrogen and oxygen atoms in total. The second-order valence-corrected chi connectivity index (χ2v) is 20.9. The maximum Gasteiger partial charge on any atom is 0.805 e. The number of rotatable bonds is 40. The van der Waals surface area contributed by atoms with Crippen molar-refractivity contribution in [3.05, 3.63) is 144 Å². The Bertz CT molecular complexity index is 2900. The molecule has 2 heterocycles. The second-order valence-electron chi connectivity index (χ2n) is 20.0. The summed E-state index contributed by atoms with van der Waals surface area (Å²) < 4.78 is 48.8. The Morgan fingerprint density at radius 1 is 0.512 bits per heavy atom. The van der Waals surface area contributed by atoms with Crippen LogP contribution in [0.15, 0.2) is 130 Å². The normalized spacial score (nSPS) is 12.3. The van der Waals surface area contributed by atoms with Crippen molar-refractivity contribution < 1.29 is 70.4 Å². The summed E-state index contributed by atoms with van der Waals surface area (Å²) in [6, 6.07) is 33.2. The van der Waals surface area contributed by atoms with Gasteiger partial charge in [-0.2, -0.15) is 0 Å². The van der Waals surface area contributed by atoms with Gasteiger partial charge in [-0.05, 0) is 99.2 Å². The molecule has 0 saturated carbocycles. The van der Waals surface area contributed by atoms with Crippen LogP contribution in [0.5, 0.6) is 23.0 Å². The number of ether oxygens (including phenoxy) is 2. The number of nitrogens with zero attached hydrogens (tertiary/aromatic N) is 2. The lowest BCUT2D eigenvalue weighted by molar-refractivity contribution is -0.200. The summed E-state index contributed by atoms with van der Waals surface area (Å²) in [5.41, 5.74) is 2.58. The number of hydrogen-bond acceptors (Lipinski definition) is 15. The molecule has 0 aliphatic rings. The van der Waals surface area contributed by atoms with Gasteiger partial charge in [-0.3, -0.25) is 38.4 Å². The van der Waals surface area contributed by atoms with Crippen molar-refractivity contribution in [1.82, 2.24) is 31.4 Å². The maximum absolute atomic E-state index is 13.7. The summed E-state index contributed by atoms with van der Waals surface area (Å²) in [5.74, 6) is -1.90. The van der Waals surface area contributed by atoms with Crippen LogP contribution in [0.25, 0.3) is 22.6 Å². The van der Waals surface area contributed by atoms with Crippen LogP contribution in [0.4, 0.5) is 0 Å². The quantitative estimate of drug-likeness (QED) is 0.00917. The number of unbranched alkanes of at least 4 members (excludes halogenated alkanes) is 4. The number of hydroxylamine groups is 4. The fraction of sp³-hybridized carbons (Fsp3) is 0.406. The summed E-state index contributed by atoms with van der Waals surface area (Å²) in [6.45, 7) is 11.9. The molecular weight excluding hydrogens is 1120 g/mol. The molecule has 6 aromatic rings. The third-order valence-electron chi connectivity index (χ3n) is 14.0. The lowest BCUT2D eigenvalue weighted by Gasteiger charge is -2.32. The number of hydrogen-bond donors (Lipinski definition) is 4. The van der Waals surface area contributed by atoms with Gasteiger partial charge in [-0.1, -0.05) is 127 Å². The Kier molecular flexibility index (Phi) is 27.7. The molecule has 0 saturated heterocycles. The number of amides is 6. The molecule has 460 valence electrons. The average molecular weight is 1200 g/mol. The molecule has 2 aromatic heterocycles. The lowest BCUT2D eigenvalue weighted by atomic mass is 9.90. The van der Waals surface area contributed by atoms with E-state index < -0.39 is 44.0 Å². The minimum absolute atomic E-state index is 0.0588. The van der Waals surface area contributed by atoms with Crippen molar-refractivity contribution in [2.24, 2.45) is 11.8 Å². The van der Waals surface area contributed by atoms with Crippen LogP contribution in [0, 0.1) is 11.8 Å². The smallest absolute Gasteiger partial charge is 0.494 e. The topological polar surface area (TPSA) is 256 Å². The molecule has 0 spiro atoms. The number of benzene rings is 4. The molecular formula is C64H80N6O15P+. The first kappa shape index (κ1) is 66.6. The zero-order chi connectivity index (χ0) is 61.6. The number of nitrogens with one attached hydrogen (secondary N) is 4. The van der Waals surface area contributed by atoms with Crippen molar-refractivity contribution in [2.75, 3.05) is 26.6 Å². The van der Waals surface area contributed by atoms with Gasteiger partial charge in [0, 0.05) is 27.8 Å². The van der Waals surface area contributed by atoms with Crippen LogP contribution in [-0.2, 0) is 46.6 Å². The van der Waals surface area contributed by atoms with Gasteiger partial charge in [0.05, 0.1) is 50.5 Å². The third-order valence-corrected chi connectivity index (χ3v) is 14.7. The molecule has 0 radical (unpaired) electrons. The Hall–Kier alpha value is -8.52. The first-order valence-corrected chi connectivity index (χ1v) is 30.5. The highest BCUT2D eigenvalue weighted by molar-refractivity contribution is 7.34. The molecule has 4 aromatic carbocycles. The highest BCUT2D eigenvalue weighted by atomic mass is 31.1. The Labute approximate surface area is 503 Å². The first-order chi connectivity index (χ1) is 41.8. The van der Waals surface area contributed by atoms with Crippen molar-refractivity contribution >= 4 is 44.7 Å². The van der Waals surface area contributed by atoms with Crippen molar-refractivity contribution in [3.8, 4) is 45.6 Å². The highest BCUT2D eigenvalue weighted by Crippen LogP contribution is 2.39. The first-order valence-electron chi connectivity index (χ1n) is 29.4. The molecule has 6 amide bonds. The SMILES string of the molecule is CCCCC[C@@H](C(=O)NCNC(=O)c1ccc(-c2cc(OCC)cc(O[P+](=O)Oc3cc(OCC)cc(-c4ccc(C(=O)NCNC(=O)[C@H](CCCCC)[C@@H](CC)N(C=O)OCc5ccccc5)o4)c3)c2)o1)[C@@H](CC)N(C=O)OCc1ccccc1. The van der Waals surface area contributed by atoms with E-state index in [9.17, 15) is 33.3 Å². The molecule has 0 fully saturated rings. The van der Waals surface area contributed by atoms with E-state index in [-0.39, 0.29) is 86.1 Å². The predicted octanol–water partition coefficient (Wildman–Crippen LogP) is 11.9. The van der Waals surface area contributed by atoms with Gasteiger partial charge < -0.3 is 39.6 Å². The molecule has 0 unspecified atom stereocenters. The molecule has 4 atom stereocenters. The van der Waals surface area contributed by atoms with Gasteiger partial charge in [0.25, 0.3) is 11.8 Å². The third kappa shape index (κ3) is 20.3. The monoisotopic (exact) mass is 1200 g/mol. The van der Waals surface area contributed by atoms with E-state index in [1.807, 2.05) is 74.5 Å². The Morgan fingerprint density at radius 2 is 0.907 bits per heavy atom. The fourth-order valence-electron chi connectivity index (χ4n) is 9.68. The van der Waals surface area contributed by atoms with Crippen molar-refractivity contribution in [2.45, 2.75) is 131 Å². The van der Waals surface area contributed by atoms with E-state index in [0.717, 1.165) is 49.7 Å². The van der Waals surface area contributed by atoms with Gasteiger partial charge in [0.1, 0.15) is 36.2 Å². The molecule has 86 heavy (non-hydrogen) atoms. The van der Waals surface area contributed by atoms with E-state index in [4.69, 9.17) is 37.0 Å². The Balaban J connectivity index is 1.06. The van der Waals surface area contributed by atoms with Crippen LogP contribution in [0.2, 0.25) is 0 Å². The van der Waals surface area contributed by atoms with Crippen molar-refractivity contribution in [3.63, 3.8) is 0 Å². The zero-order valence-electron chi connectivity index (χ0n) is 49.8. The minimum atomic E-state index is -2.91. The number of carbonyl (C=O) groups is 6. The van der Waals surface area contributed by atoms with E-state index in [1.165, 1.54) is 46.5 Å². The molecule has 6 rings (SSSR count). The summed E-state index contributed by atoms with van der Waals surface area (Å²) >= 11 is 0. The van der Waals surface area contributed by atoms with Gasteiger partial charge >= 0.3 is 8.25 Å². The van der Waals surface area contributed by atoms with Crippen LogP contribution in [0.3, 0.4) is 0 Å². The maximum atomic E-state index is 13.7. The molecule has 0 bridgehead atoms. The van der Waals surface area contributed by atoms with Gasteiger partial charge in [0.15, 0.2) is 23.0 Å². The molecule has 4 N–H and O–H groups in total. The van der Waals surface area contributed by atoms with Crippen LogP contribution in [-0.4, -0.2) is 85.2 Å². The predicted molar refractivity (Wildman–Crippen MR) is 322 cm³/mol. The summed E-state index contributed by atoms with van der Waals surface area (Å²) in [4.78, 5) is 90.6. The van der Waals surface area contributed by atoms with Crippen molar-refractivity contribution in [1.29, 1.82) is 0 Å². The molecule has 0 aliphatic heterocycles. The summed E-state index contributed by atoms with van der Waals surface area (Å²) in [7, 11) is -2.91. The summed E-state index contributed by atoms with van der Waals surface area (Å²) in [5, 5.41) is 13.4. The second kappa shape index (κ2) is 35.7. The average Bonchev–Trinajstić information content (AvgIpc) is 4.15. The molecule has 0 aliphatic carbocycles. The van der Waals surface area contributed by atoms with Gasteiger partial charge in [-0.15, -0.1) is 0 Å². The highest BCUT2D eigenvalue weighted by Gasteiger charge is 2.34. The van der Waals surface area contributed by atoms with E-state index in [1.54, 1.807) is 38.1 Å². The van der Waals surface area contributed by atoms with Gasteiger partial charge in [-0.25, -0.2) is 19.2 Å². The van der Waals surface area contributed by atoms with E-state index in [2.05, 4.69) is 35.1 Å². The Morgan fingerprint density at radius 3 is 1.27 bits per heavy atom.